The Bertz CT molecular complexity index is 3040. The van der Waals surface area contributed by atoms with E-state index >= 15 is 0 Å². The van der Waals surface area contributed by atoms with Crippen molar-refractivity contribution >= 4 is 80.8 Å². The van der Waals surface area contributed by atoms with E-state index in [9.17, 15) is 0 Å². The van der Waals surface area contributed by atoms with E-state index in [1.165, 1.54) is 97.4 Å². The van der Waals surface area contributed by atoms with Crippen molar-refractivity contribution in [2.75, 3.05) is 0 Å². The van der Waals surface area contributed by atoms with Crippen LogP contribution in [0.4, 0.5) is 0 Å². The molecule has 51 heavy (non-hydrogen) atoms. The number of rotatable bonds is 5. The molecule has 0 N–H and O–H groups in total. The third kappa shape index (κ3) is 4.55. The molecule has 0 saturated heterocycles. The van der Waals surface area contributed by atoms with Gasteiger partial charge in [0.25, 0.3) is 0 Å². The average molecular weight is 671 g/mol. The minimum Gasteiger partial charge on any atom is -0.313 e. The Balaban J connectivity index is 1.18. The van der Waals surface area contributed by atoms with Crippen molar-refractivity contribution in [2.45, 2.75) is 13.8 Å². The van der Waals surface area contributed by atoms with Gasteiger partial charge in [-0.1, -0.05) is 115 Å². The summed E-state index contributed by atoms with van der Waals surface area (Å²) in [5.74, 6) is 0. The number of para-hydroxylation sites is 2. The van der Waals surface area contributed by atoms with Crippen LogP contribution in [0.5, 0.6) is 0 Å². The number of hydrogen-bond donors (Lipinski definition) is 0. The third-order valence-corrected chi connectivity index (χ3v) is 11.6. The van der Waals surface area contributed by atoms with Crippen LogP contribution in [-0.2, 0) is 0 Å². The molecule has 0 bridgehead atoms. The summed E-state index contributed by atoms with van der Waals surface area (Å²) in [5.41, 5.74) is 12.3. The summed E-state index contributed by atoms with van der Waals surface area (Å²) in [6.07, 6.45) is 6.37. The molecule has 10 aromatic rings. The standard InChI is InChI=1S/C48H34N2S/c1-3-4-14-31(2)49-41-21-10-8-17-36(41)39-29-33(25-27-43(39)49)34-26-28-44-40(30-34)37-18-9-11-22-42(37)50(44)45-23-13-24-46-47(45)38-20-12-19-35(48(38)51-46)32-15-6-5-7-16-32/h3-30H,1-2H3/b4-3-,31-14+. The lowest BCUT2D eigenvalue weighted by atomic mass is 10.0. The van der Waals surface area contributed by atoms with Gasteiger partial charge >= 0.3 is 0 Å². The van der Waals surface area contributed by atoms with Crippen LogP contribution in [-0.4, -0.2) is 9.13 Å². The highest BCUT2D eigenvalue weighted by Gasteiger charge is 2.19. The van der Waals surface area contributed by atoms with Crippen LogP contribution in [0.2, 0.25) is 0 Å². The molecular weight excluding hydrogens is 637 g/mol. The summed E-state index contributed by atoms with van der Waals surface area (Å²) in [4.78, 5) is 0. The van der Waals surface area contributed by atoms with Crippen molar-refractivity contribution in [3.8, 4) is 27.9 Å². The van der Waals surface area contributed by atoms with Crippen LogP contribution in [0.3, 0.4) is 0 Å². The average Bonchev–Trinajstić information content (AvgIpc) is 3.84. The molecule has 0 radical (unpaired) electrons. The number of allylic oxidation sites excluding steroid dienone is 4. The predicted molar refractivity (Wildman–Crippen MR) is 222 cm³/mol. The first-order valence-electron chi connectivity index (χ1n) is 17.6. The molecule has 3 heteroatoms. The zero-order valence-corrected chi connectivity index (χ0v) is 29.3. The maximum atomic E-state index is 2.48. The summed E-state index contributed by atoms with van der Waals surface area (Å²) in [6, 6.07) is 55.9. The van der Waals surface area contributed by atoms with E-state index in [-0.39, 0.29) is 0 Å². The van der Waals surface area contributed by atoms with Gasteiger partial charge in [0.2, 0.25) is 0 Å². The highest BCUT2D eigenvalue weighted by Crippen LogP contribution is 2.44. The van der Waals surface area contributed by atoms with Crippen LogP contribution in [0.15, 0.2) is 170 Å². The fourth-order valence-electron chi connectivity index (χ4n) is 8.11. The van der Waals surface area contributed by atoms with Gasteiger partial charge in [0.1, 0.15) is 0 Å². The van der Waals surface area contributed by atoms with E-state index in [1.807, 2.05) is 11.3 Å². The highest BCUT2D eigenvalue weighted by atomic mass is 32.1. The largest absolute Gasteiger partial charge is 0.313 e. The summed E-state index contributed by atoms with van der Waals surface area (Å²) in [6.45, 7) is 4.24. The van der Waals surface area contributed by atoms with Crippen molar-refractivity contribution < 1.29 is 0 Å². The van der Waals surface area contributed by atoms with Gasteiger partial charge in [-0.2, -0.15) is 0 Å². The Morgan fingerprint density at radius 3 is 1.92 bits per heavy atom. The molecule has 0 amide bonds. The minimum absolute atomic E-state index is 1.20. The van der Waals surface area contributed by atoms with Gasteiger partial charge in [-0.05, 0) is 90.7 Å². The van der Waals surface area contributed by atoms with Gasteiger partial charge in [-0.15, -0.1) is 11.3 Å². The molecule has 0 aliphatic carbocycles. The van der Waals surface area contributed by atoms with Gasteiger partial charge in [0.05, 0.1) is 27.8 Å². The number of aromatic nitrogens is 2. The molecule has 0 saturated carbocycles. The molecule has 10 rings (SSSR count). The Morgan fingerprint density at radius 1 is 0.529 bits per heavy atom. The lowest BCUT2D eigenvalue weighted by molar-refractivity contribution is 1.20. The van der Waals surface area contributed by atoms with Gasteiger partial charge in [0.15, 0.2) is 0 Å². The first kappa shape index (κ1) is 29.7. The normalized spacial score (nSPS) is 12.5. The smallest absolute Gasteiger partial charge is 0.0555 e. The number of nitrogens with zero attached hydrogens (tertiary/aromatic N) is 2. The number of hydrogen-bond acceptors (Lipinski definition) is 1. The molecule has 3 aromatic heterocycles. The molecule has 0 atom stereocenters. The lowest BCUT2D eigenvalue weighted by Gasteiger charge is -2.11. The molecule has 3 heterocycles. The summed E-state index contributed by atoms with van der Waals surface area (Å²) in [7, 11) is 0. The topological polar surface area (TPSA) is 9.86 Å². The van der Waals surface area contributed by atoms with Gasteiger partial charge < -0.3 is 9.13 Å². The monoisotopic (exact) mass is 670 g/mol. The number of thiophene rings is 1. The molecule has 0 fully saturated rings. The fraction of sp³-hybridized carbons (Fsp3) is 0.0417. The van der Waals surface area contributed by atoms with Gasteiger partial charge in [0, 0.05) is 47.4 Å². The van der Waals surface area contributed by atoms with Gasteiger partial charge in [-0.3, -0.25) is 0 Å². The second-order valence-electron chi connectivity index (χ2n) is 13.3. The van der Waals surface area contributed by atoms with E-state index in [2.05, 4.69) is 193 Å². The number of benzene rings is 7. The van der Waals surface area contributed by atoms with Crippen LogP contribution in [0.1, 0.15) is 13.8 Å². The molecule has 0 aliphatic rings. The maximum Gasteiger partial charge on any atom is 0.0555 e. The second kappa shape index (κ2) is 11.7. The summed E-state index contributed by atoms with van der Waals surface area (Å²) >= 11 is 1.89. The van der Waals surface area contributed by atoms with Crippen molar-refractivity contribution in [2.24, 2.45) is 0 Å². The quantitative estimate of drug-likeness (QED) is 0.161. The Kier molecular flexibility index (Phi) is 6.83. The van der Waals surface area contributed by atoms with Crippen LogP contribution in [0.25, 0.3) is 97.4 Å². The molecule has 7 aromatic carbocycles. The van der Waals surface area contributed by atoms with Crippen LogP contribution < -0.4 is 0 Å². The Morgan fingerprint density at radius 2 is 1.14 bits per heavy atom. The van der Waals surface area contributed by atoms with E-state index in [4.69, 9.17) is 0 Å². The molecule has 2 nitrogen and oxygen atoms in total. The summed E-state index contributed by atoms with van der Waals surface area (Å²) in [5, 5.41) is 7.67. The zero-order valence-electron chi connectivity index (χ0n) is 28.5. The molecule has 242 valence electrons. The van der Waals surface area contributed by atoms with Crippen molar-refractivity contribution in [1.29, 1.82) is 0 Å². The maximum absolute atomic E-state index is 2.48. The summed E-state index contributed by atoms with van der Waals surface area (Å²) < 4.78 is 7.49. The minimum atomic E-state index is 1.20. The van der Waals surface area contributed by atoms with E-state index in [0.29, 0.717) is 0 Å². The SMILES string of the molecule is C/C=C\C=C(/C)n1c2ccccc2c2cc(-c3ccc4c(c3)c3ccccc3n4-c3cccc4sc5c(-c6ccccc6)cccc5c34)ccc21. The van der Waals surface area contributed by atoms with Crippen LogP contribution >= 0.6 is 11.3 Å². The van der Waals surface area contributed by atoms with Gasteiger partial charge in [-0.25, -0.2) is 0 Å². The molecular formula is C48H34N2S. The Hall–Kier alpha value is -6.16. The zero-order chi connectivity index (χ0) is 34.1. The second-order valence-corrected chi connectivity index (χ2v) is 14.4. The molecule has 0 aliphatic heterocycles. The van der Waals surface area contributed by atoms with Crippen molar-refractivity contribution in [3.05, 3.63) is 170 Å². The fourth-order valence-corrected chi connectivity index (χ4v) is 9.37. The Labute approximate surface area is 300 Å². The molecule has 0 spiro atoms. The van der Waals surface area contributed by atoms with Crippen LogP contribution in [0, 0.1) is 0 Å². The van der Waals surface area contributed by atoms with E-state index in [0.717, 1.165) is 0 Å². The highest BCUT2D eigenvalue weighted by molar-refractivity contribution is 7.26. The lowest BCUT2D eigenvalue weighted by Crippen LogP contribution is -1.94. The van der Waals surface area contributed by atoms with Crippen molar-refractivity contribution in [3.63, 3.8) is 0 Å². The van der Waals surface area contributed by atoms with Crippen molar-refractivity contribution in [1.82, 2.24) is 9.13 Å². The first-order chi connectivity index (χ1) is 25.2. The van der Waals surface area contributed by atoms with E-state index in [1.54, 1.807) is 0 Å². The molecule has 0 unspecified atom stereocenters. The first-order valence-corrected chi connectivity index (χ1v) is 18.4. The number of fused-ring (bicyclic) bond motifs is 9. The predicted octanol–water partition coefficient (Wildman–Crippen LogP) is 14.0. The van der Waals surface area contributed by atoms with E-state index < -0.39 is 0 Å². The third-order valence-electron chi connectivity index (χ3n) is 10.4.